The first-order valence-corrected chi connectivity index (χ1v) is 14.8. The number of sulfonamides is 1. The normalized spacial score (nSPS) is 12.1. The Labute approximate surface area is 228 Å². The molecular formula is C30H33FN2O3S2. The molecule has 0 fully saturated rings. The summed E-state index contributed by atoms with van der Waals surface area (Å²) in [4.78, 5) is 5.53. The van der Waals surface area contributed by atoms with Crippen molar-refractivity contribution in [2.45, 2.75) is 51.9 Å². The standard InChI is InChI=1S/C30H33FN2O3S2/c1-20(2)25-13-9-10-14-26(25)27-28(21-17-22(31)19-23(18-21)36-16-15-30(3,4)5)37-29(32-27)33-38(34,35)24-11-7-6-8-12-24/h6-14,17-20H,15-16H2,1-5H3,(H,32,33). The van der Waals surface area contributed by atoms with E-state index in [1.807, 2.05) is 24.3 Å². The average molecular weight is 553 g/mol. The van der Waals surface area contributed by atoms with Crippen LogP contribution in [0.15, 0.2) is 77.7 Å². The average Bonchev–Trinajstić information content (AvgIpc) is 3.26. The summed E-state index contributed by atoms with van der Waals surface area (Å²) in [5.41, 5.74) is 3.20. The number of ether oxygens (including phenoxy) is 1. The summed E-state index contributed by atoms with van der Waals surface area (Å²) >= 11 is 1.17. The van der Waals surface area contributed by atoms with Crippen LogP contribution in [-0.4, -0.2) is 20.0 Å². The Balaban J connectivity index is 1.80. The highest BCUT2D eigenvalue weighted by Gasteiger charge is 2.23. The van der Waals surface area contributed by atoms with Crippen LogP contribution in [0.3, 0.4) is 0 Å². The maximum absolute atomic E-state index is 14.8. The van der Waals surface area contributed by atoms with Gasteiger partial charge in [0.05, 0.1) is 22.1 Å². The summed E-state index contributed by atoms with van der Waals surface area (Å²) in [7, 11) is -3.85. The number of halogens is 1. The third-order valence-corrected chi connectivity index (χ3v) is 8.50. The summed E-state index contributed by atoms with van der Waals surface area (Å²) in [5, 5.41) is 0.205. The summed E-state index contributed by atoms with van der Waals surface area (Å²) in [6.45, 7) is 11.0. The smallest absolute Gasteiger partial charge is 0.263 e. The van der Waals surface area contributed by atoms with E-state index in [1.165, 1.54) is 35.6 Å². The molecular weight excluding hydrogens is 519 g/mol. The molecule has 0 bridgehead atoms. The second kappa shape index (κ2) is 11.3. The molecule has 0 unspecified atom stereocenters. The third-order valence-electron chi connectivity index (χ3n) is 5.99. The number of hydrogen-bond acceptors (Lipinski definition) is 5. The number of nitrogens with one attached hydrogen (secondary N) is 1. The molecule has 200 valence electrons. The van der Waals surface area contributed by atoms with E-state index in [4.69, 9.17) is 9.72 Å². The zero-order chi connectivity index (χ0) is 27.5. The number of nitrogens with zero attached hydrogens (tertiary/aromatic N) is 1. The van der Waals surface area contributed by atoms with Gasteiger partial charge in [-0.15, -0.1) is 0 Å². The molecule has 3 aromatic carbocycles. The van der Waals surface area contributed by atoms with Gasteiger partial charge in [-0.25, -0.2) is 17.8 Å². The van der Waals surface area contributed by atoms with E-state index < -0.39 is 15.8 Å². The fourth-order valence-corrected chi connectivity index (χ4v) is 6.21. The molecule has 4 rings (SSSR count). The van der Waals surface area contributed by atoms with Crippen molar-refractivity contribution in [1.82, 2.24) is 4.98 Å². The highest BCUT2D eigenvalue weighted by Crippen LogP contribution is 2.43. The van der Waals surface area contributed by atoms with E-state index in [9.17, 15) is 12.8 Å². The van der Waals surface area contributed by atoms with Gasteiger partial charge in [-0.3, -0.25) is 4.72 Å². The van der Waals surface area contributed by atoms with Gasteiger partial charge in [-0.1, -0.05) is 88.4 Å². The molecule has 1 heterocycles. The summed E-state index contributed by atoms with van der Waals surface area (Å²) < 4.78 is 49.4. The minimum Gasteiger partial charge on any atom is -0.493 e. The maximum atomic E-state index is 14.8. The van der Waals surface area contributed by atoms with Crippen LogP contribution in [0, 0.1) is 11.2 Å². The molecule has 0 spiro atoms. The lowest BCUT2D eigenvalue weighted by atomic mass is 9.93. The highest BCUT2D eigenvalue weighted by atomic mass is 32.2. The molecule has 8 heteroatoms. The van der Waals surface area contributed by atoms with Crippen LogP contribution in [0.2, 0.25) is 0 Å². The van der Waals surface area contributed by atoms with Crippen molar-refractivity contribution in [3.05, 3.63) is 84.2 Å². The van der Waals surface area contributed by atoms with Gasteiger partial charge in [0.2, 0.25) is 0 Å². The number of hydrogen-bond donors (Lipinski definition) is 1. The van der Waals surface area contributed by atoms with E-state index in [0.717, 1.165) is 17.5 Å². The quantitative estimate of drug-likeness (QED) is 0.227. The van der Waals surface area contributed by atoms with E-state index in [0.29, 0.717) is 28.5 Å². The molecule has 5 nitrogen and oxygen atoms in total. The zero-order valence-corrected chi connectivity index (χ0v) is 23.9. The van der Waals surface area contributed by atoms with Crippen molar-refractivity contribution in [2.24, 2.45) is 5.41 Å². The van der Waals surface area contributed by atoms with Crippen molar-refractivity contribution in [3.63, 3.8) is 0 Å². The van der Waals surface area contributed by atoms with Crippen molar-refractivity contribution in [3.8, 4) is 27.4 Å². The molecule has 0 aliphatic carbocycles. The molecule has 0 saturated carbocycles. The summed E-state index contributed by atoms with van der Waals surface area (Å²) in [5.74, 6) is 0.192. The zero-order valence-electron chi connectivity index (χ0n) is 22.3. The van der Waals surface area contributed by atoms with Gasteiger partial charge < -0.3 is 4.74 Å². The van der Waals surface area contributed by atoms with E-state index in [1.54, 1.807) is 24.3 Å². The first kappa shape index (κ1) is 27.8. The molecule has 0 amide bonds. The van der Waals surface area contributed by atoms with Gasteiger partial charge in [-0.05, 0) is 47.6 Å². The van der Waals surface area contributed by atoms with Gasteiger partial charge >= 0.3 is 0 Å². The lowest BCUT2D eigenvalue weighted by molar-refractivity contribution is 0.242. The number of benzene rings is 3. The van der Waals surface area contributed by atoms with Crippen LogP contribution in [0.5, 0.6) is 5.75 Å². The number of anilines is 1. The number of thiazole rings is 1. The summed E-state index contributed by atoms with van der Waals surface area (Å²) in [6.07, 6.45) is 0.817. The molecule has 0 radical (unpaired) electrons. The lowest BCUT2D eigenvalue weighted by Crippen LogP contribution is -2.12. The lowest BCUT2D eigenvalue weighted by Gasteiger charge is -2.18. The molecule has 0 aliphatic heterocycles. The molecule has 38 heavy (non-hydrogen) atoms. The monoisotopic (exact) mass is 552 g/mol. The van der Waals surface area contributed by atoms with Gasteiger partial charge in [-0.2, -0.15) is 0 Å². The van der Waals surface area contributed by atoms with Crippen LogP contribution in [0.25, 0.3) is 21.7 Å². The number of rotatable bonds is 9. The first-order valence-electron chi connectivity index (χ1n) is 12.5. The predicted octanol–water partition coefficient (Wildman–Crippen LogP) is 8.36. The van der Waals surface area contributed by atoms with Crippen LogP contribution < -0.4 is 9.46 Å². The second-order valence-electron chi connectivity index (χ2n) is 10.7. The Morgan fingerprint density at radius 1 is 1.00 bits per heavy atom. The molecule has 0 atom stereocenters. The fraction of sp³-hybridized carbons (Fsp3) is 0.300. The summed E-state index contributed by atoms with van der Waals surface area (Å²) in [6, 6.07) is 20.6. The van der Waals surface area contributed by atoms with Gasteiger partial charge in [0, 0.05) is 17.2 Å². The van der Waals surface area contributed by atoms with Crippen LogP contribution in [0.1, 0.15) is 52.5 Å². The van der Waals surface area contributed by atoms with Crippen LogP contribution >= 0.6 is 11.3 Å². The molecule has 0 aliphatic rings. The Hall–Kier alpha value is -3.23. The van der Waals surface area contributed by atoms with Gasteiger partial charge in [0.1, 0.15) is 11.6 Å². The largest absolute Gasteiger partial charge is 0.493 e. The van der Waals surface area contributed by atoms with Crippen LogP contribution in [0.4, 0.5) is 9.52 Å². The third kappa shape index (κ3) is 6.79. The molecule has 1 aromatic heterocycles. The van der Waals surface area contributed by atoms with Gasteiger partial charge in [0.15, 0.2) is 5.13 Å². The van der Waals surface area contributed by atoms with E-state index in [2.05, 4.69) is 39.3 Å². The van der Waals surface area contributed by atoms with Crippen LogP contribution in [-0.2, 0) is 10.0 Å². The van der Waals surface area contributed by atoms with Crippen molar-refractivity contribution >= 4 is 26.5 Å². The first-order chi connectivity index (χ1) is 17.9. The highest BCUT2D eigenvalue weighted by molar-refractivity contribution is 7.93. The Kier molecular flexibility index (Phi) is 8.23. The van der Waals surface area contributed by atoms with Crippen molar-refractivity contribution in [1.29, 1.82) is 0 Å². The van der Waals surface area contributed by atoms with Crippen molar-refractivity contribution < 1.29 is 17.5 Å². The Bertz CT molecular complexity index is 1510. The molecule has 4 aromatic rings. The minimum absolute atomic E-state index is 0.0897. The topological polar surface area (TPSA) is 68.3 Å². The van der Waals surface area contributed by atoms with E-state index in [-0.39, 0.29) is 21.4 Å². The molecule has 0 saturated heterocycles. The SMILES string of the molecule is CC(C)c1ccccc1-c1nc(NS(=O)(=O)c2ccccc2)sc1-c1cc(F)cc(OCCC(C)(C)C)c1. The fourth-order valence-electron chi connectivity index (χ4n) is 3.98. The second-order valence-corrected chi connectivity index (χ2v) is 13.4. The molecule has 1 N–H and O–H groups in total. The maximum Gasteiger partial charge on any atom is 0.263 e. The number of aromatic nitrogens is 1. The van der Waals surface area contributed by atoms with Gasteiger partial charge in [0.25, 0.3) is 10.0 Å². The Morgan fingerprint density at radius 2 is 1.68 bits per heavy atom. The minimum atomic E-state index is -3.85. The van der Waals surface area contributed by atoms with E-state index >= 15 is 0 Å². The van der Waals surface area contributed by atoms with Crippen molar-refractivity contribution in [2.75, 3.05) is 11.3 Å². The predicted molar refractivity (Wildman–Crippen MR) is 154 cm³/mol. The Morgan fingerprint density at radius 3 is 2.37 bits per heavy atom.